The van der Waals surface area contributed by atoms with E-state index in [4.69, 9.17) is 5.73 Å². The van der Waals surface area contributed by atoms with Crippen molar-refractivity contribution in [3.05, 3.63) is 29.3 Å². The molecule has 0 atom stereocenters. The van der Waals surface area contributed by atoms with Gasteiger partial charge in [-0.3, -0.25) is 0 Å². The third-order valence-corrected chi connectivity index (χ3v) is 3.24. The minimum absolute atomic E-state index is 0.0297. The quantitative estimate of drug-likeness (QED) is 0.843. The summed E-state index contributed by atoms with van der Waals surface area (Å²) < 4.78 is 49.3. The van der Waals surface area contributed by atoms with Gasteiger partial charge >= 0.3 is 0 Å². The van der Waals surface area contributed by atoms with Crippen LogP contribution in [0, 0.1) is 11.6 Å². The maximum Gasteiger partial charge on any atom is 0.175 e. The third-order valence-electron chi connectivity index (χ3n) is 2.15. The molecular formula is C11H15F2NO2S. The Balaban J connectivity index is 3.36. The van der Waals surface area contributed by atoms with Gasteiger partial charge in [0.2, 0.25) is 0 Å². The van der Waals surface area contributed by atoms with Gasteiger partial charge in [-0.15, -0.1) is 0 Å². The van der Waals surface area contributed by atoms with Gasteiger partial charge in [-0.1, -0.05) is 0 Å². The van der Waals surface area contributed by atoms with Gasteiger partial charge in [0, 0.05) is 11.8 Å². The van der Waals surface area contributed by atoms with Gasteiger partial charge in [0.05, 0.1) is 4.90 Å². The third kappa shape index (κ3) is 3.74. The highest BCUT2D eigenvalue weighted by Gasteiger charge is 2.20. The van der Waals surface area contributed by atoms with Crippen molar-refractivity contribution in [2.45, 2.75) is 30.7 Å². The van der Waals surface area contributed by atoms with Crippen LogP contribution in [0.4, 0.5) is 8.78 Å². The monoisotopic (exact) mass is 263 g/mol. The van der Waals surface area contributed by atoms with E-state index in [9.17, 15) is 17.2 Å². The molecular weight excluding hydrogens is 248 g/mol. The number of hydrogen-bond donors (Lipinski definition) is 1. The van der Waals surface area contributed by atoms with Crippen LogP contribution >= 0.6 is 0 Å². The first-order chi connectivity index (χ1) is 7.50. The van der Waals surface area contributed by atoms with E-state index in [1.54, 1.807) is 13.8 Å². The Labute approximate surface area is 99.6 Å². The molecule has 0 amide bonds. The van der Waals surface area contributed by atoms with Crippen LogP contribution < -0.4 is 5.73 Å². The highest BCUT2D eigenvalue weighted by molar-refractivity contribution is 7.90. The number of hydrogen-bond acceptors (Lipinski definition) is 3. The Kier molecular flexibility index (Phi) is 3.59. The van der Waals surface area contributed by atoms with Crippen LogP contribution in [0.1, 0.15) is 19.4 Å². The number of nitrogens with two attached hydrogens (primary N) is 1. The second kappa shape index (κ2) is 4.34. The standard InChI is InChI=1S/C11H15F2NO2S/c1-11(2,14)6-7-4-8(17(3,15)16)5-9(12)10(7)13/h4-5H,6,14H2,1-3H3. The second-order valence-corrected chi connectivity index (χ2v) is 6.83. The molecule has 0 unspecified atom stereocenters. The summed E-state index contributed by atoms with van der Waals surface area (Å²) in [5.41, 5.74) is 4.93. The SMILES string of the molecule is CC(C)(N)Cc1cc(S(C)(=O)=O)cc(F)c1F. The topological polar surface area (TPSA) is 60.2 Å². The Morgan fingerprint density at radius 3 is 2.24 bits per heavy atom. The van der Waals surface area contributed by atoms with Crippen LogP contribution in [0.3, 0.4) is 0 Å². The second-order valence-electron chi connectivity index (χ2n) is 4.82. The zero-order chi connectivity index (χ0) is 13.4. The summed E-state index contributed by atoms with van der Waals surface area (Å²) in [5.74, 6) is -2.22. The van der Waals surface area contributed by atoms with E-state index >= 15 is 0 Å². The molecule has 6 heteroatoms. The van der Waals surface area contributed by atoms with Crippen LogP contribution in [-0.2, 0) is 16.3 Å². The van der Waals surface area contributed by atoms with Crippen molar-refractivity contribution in [3.63, 3.8) is 0 Å². The van der Waals surface area contributed by atoms with Crippen LogP contribution in [-0.4, -0.2) is 20.2 Å². The molecule has 1 rings (SSSR count). The average Bonchev–Trinajstić information content (AvgIpc) is 2.08. The molecule has 17 heavy (non-hydrogen) atoms. The number of benzene rings is 1. The molecule has 1 aromatic carbocycles. The van der Waals surface area contributed by atoms with Crippen LogP contribution in [0.25, 0.3) is 0 Å². The van der Waals surface area contributed by atoms with E-state index in [0.717, 1.165) is 12.3 Å². The molecule has 0 radical (unpaired) electrons. The van der Waals surface area contributed by atoms with Crippen molar-refractivity contribution < 1.29 is 17.2 Å². The first kappa shape index (κ1) is 14.1. The summed E-state index contributed by atoms with van der Waals surface area (Å²) in [4.78, 5) is -0.240. The molecule has 96 valence electrons. The zero-order valence-corrected chi connectivity index (χ0v) is 10.7. The first-order valence-corrected chi connectivity index (χ1v) is 6.87. The summed E-state index contributed by atoms with van der Waals surface area (Å²) in [5, 5.41) is 0. The zero-order valence-electron chi connectivity index (χ0n) is 9.92. The van der Waals surface area contributed by atoms with Crippen molar-refractivity contribution in [2.24, 2.45) is 5.73 Å². The molecule has 1 aromatic rings. The first-order valence-electron chi connectivity index (χ1n) is 4.97. The van der Waals surface area contributed by atoms with E-state index in [1.807, 2.05) is 0 Å². The lowest BCUT2D eigenvalue weighted by molar-refractivity contribution is 0.463. The minimum atomic E-state index is -3.57. The smallest absolute Gasteiger partial charge is 0.175 e. The summed E-state index contributed by atoms with van der Waals surface area (Å²) in [6, 6.07) is 1.81. The lowest BCUT2D eigenvalue weighted by atomic mass is 9.96. The average molecular weight is 263 g/mol. The van der Waals surface area contributed by atoms with Gasteiger partial charge in [-0.25, -0.2) is 17.2 Å². The van der Waals surface area contributed by atoms with Gasteiger partial charge in [-0.05, 0) is 38.0 Å². The molecule has 3 nitrogen and oxygen atoms in total. The number of sulfone groups is 1. The molecule has 0 fully saturated rings. The molecule has 0 aliphatic carbocycles. The lowest BCUT2D eigenvalue weighted by Gasteiger charge is -2.19. The van der Waals surface area contributed by atoms with Crippen molar-refractivity contribution in [2.75, 3.05) is 6.26 Å². The Morgan fingerprint density at radius 1 is 1.29 bits per heavy atom. The molecule has 0 heterocycles. The molecule has 0 aromatic heterocycles. The number of halogens is 2. The largest absolute Gasteiger partial charge is 0.325 e. The predicted octanol–water partition coefficient (Wildman–Crippen LogP) is 1.65. The molecule has 2 N–H and O–H groups in total. The fraction of sp³-hybridized carbons (Fsp3) is 0.455. The molecule has 0 saturated heterocycles. The van der Waals surface area contributed by atoms with Crippen molar-refractivity contribution in [3.8, 4) is 0 Å². The minimum Gasteiger partial charge on any atom is -0.325 e. The summed E-state index contributed by atoms with van der Waals surface area (Å²) in [6.45, 7) is 3.30. The maximum absolute atomic E-state index is 13.5. The molecule has 0 aliphatic rings. The molecule has 0 aliphatic heterocycles. The van der Waals surface area contributed by atoms with Gasteiger partial charge in [-0.2, -0.15) is 0 Å². The van der Waals surface area contributed by atoms with E-state index in [-0.39, 0.29) is 16.9 Å². The highest BCUT2D eigenvalue weighted by atomic mass is 32.2. The molecule has 0 bridgehead atoms. The van der Waals surface area contributed by atoms with E-state index in [1.165, 1.54) is 0 Å². The normalized spacial score (nSPS) is 12.8. The Morgan fingerprint density at radius 2 is 1.82 bits per heavy atom. The van der Waals surface area contributed by atoms with Crippen molar-refractivity contribution >= 4 is 9.84 Å². The highest BCUT2D eigenvalue weighted by Crippen LogP contribution is 2.21. The fourth-order valence-corrected chi connectivity index (χ4v) is 2.13. The Hall–Kier alpha value is -1.01. The van der Waals surface area contributed by atoms with E-state index in [0.29, 0.717) is 6.07 Å². The van der Waals surface area contributed by atoms with Gasteiger partial charge in [0.1, 0.15) is 0 Å². The predicted molar refractivity (Wildman–Crippen MR) is 61.4 cm³/mol. The van der Waals surface area contributed by atoms with E-state index < -0.39 is 27.0 Å². The summed E-state index contributed by atoms with van der Waals surface area (Å²) >= 11 is 0. The van der Waals surface area contributed by atoms with Gasteiger partial charge < -0.3 is 5.73 Å². The van der Waals surface area contributed by atoms with Gasteiger partial charge in [0.25, 0.3) is 0 Å². The Bertz CT molecular complexity index is 533. The number of rotatable bonds is 3. The summed E-state index contributed by atoms with van der Waals surface area (Å²) in [7, 11) is -3.57. The van der Waals surface area contributed by atoms with Crippen LogP contribution in [0.5, 0.6) is 0 Å². The van der Waals surface area contributed by atoms with Crippen molar-refractivity contribution in [1.29, 1.82) is 0 Å². The van der Waals surface area contributed by atoms with Crippen molar-refractivity contribution in [1.82, 2.24) is 0 Å². The van der Waals surface area contributed by atoms with E-state index in [2.05, 4.69) is 0 Å². The van der Waals surface area contributed by atoms with Crippen LogP contribution in [0.15, 0.2) is 17.0 Å². The summed E-state index contributed by atoms with van der Waals surface area (Å²) in [6.07, 6.45) is 0.996. The molecule has 0 saturated carbocycles. The van der Waals surface area contributed by atoms with Gasteiger partial charge in [0.15, 0.2) is 21.5 Å². The lowest BCUT2D eigenvalue weighted by Crippen LogP contribution is -2.34. The van der Waals surface area contributed by atoms with Crippen LogP contribution in [0.2, 0.25) is 0 Å². The maximum atomic E-state index is 13.5. The molecule has 0 spiro atoms. The fourth-order valence-electron chi connectivity index (χ4n) is 1.45.